The van der Waals surface area contributed by atoms with E-state index < -0.39 is 0 Å². The lowest BCUT2D eigenvalue weighted by atomic mass is 10.0. The Morgan fingerprint density at radius 3 is 2.76 bits per heavy atom. The summed E-state index contributed by atoms with van der Waals surface area (Å²) < 4.78 is 1.09. The second-order valence-corrected chi connectivity index (χ2v) is 4.81. The Morgan fingerprint density at radius 1 is 1.35 bits per heavy atom. The Bertz CT molecular complexity index is 496. The lowest BCUT2D eigenvalue weighted by Gasteiger charge is -2.10. The maximum absolute atomic E-state index is 6.08. The van der Waals surface area contributed by atoms with Crippen LogP contribution in [0.15, 0.2) is 28.7 Å². The molecule has 2 rings (SSSR count). The number of rotatable bonds is 4. The van der Waals surface area contributed by atoms with Gasteiger partial charge in [-0.2, -0.15) is 4.80 Å². The third-order valence-corrected chi connectivity index (χ3v) is 3.21. The molecule has 0 aliphatic carbocycles. The minimum atomic E-state index is -0.00194. The molecule has 1 atom stereocenters. The number of benzene rings is 1. The monoisotopic (exact) mass is 295 g/mol. The Hall–Kier alpha value is -1.27. The van der Waals surface area contributed by atoms with Crippen molar-refractivity contribution in [1.29, 1.82) is 0 Å². The van der Waals surface area contributed by atoms with Crippen LogP contribution in [0.1, 0.15) is 11.4 Å². The third-order valence-electron chi connectivity index (χ3n) is 2.43. The Kier molecular flexibility index (Phi) is 3.86. The maximum Gasteiger partial charge on any atom is 0.176 e. The fourth-order valence-corrected chi connectivity index (χ4v) is 2.10. The summed E-state index contributed by atoms with van der Waals surface area (Å²) in [5.74, 6) is 0.687. The first-order valence-electron chi connectivity index (χ1n) is 5.37. The number of aryl methyl sites for hydroxylation is 1. The molecule has 1 aromatic carbocycles. The molecule has 0 radical (unpaired) electrons. The average molecular weight is 296 g/mol. The van der Waals surface area contributed by atoms with Gasteiger partial charge in [-0.1, -0.05) is 34.1 Å². The molecule has 17 heavy (non-hydrogen) atoms. The molecule has 90 valence electrons. The predicted octanol–water partition coefficient (Wildman–Crippen LogP) is 1.09. The summed E-state index contributed by atoms with van der Waals surface area (Å²) in [5.41, 5.74) is 7.28. The summed E-state index contributed by atoms with van der Waals surface area (Å²) in [4.78, 5) is 1.44. The fraction of sp³-hybridized carbons (Fsp3) is 0.364. The first-order chi connectivity index (χ1) is 8.15. The predicted molar refractivity (Wildman–Crippen MR) is 68.3 cm³/mol. The summed E-state index contributed by atoms with van der Waals surface area (Å²) in [6.45, 7) is 0. The number of nitrogens with zero attached hydrogens (tertiary/aromatic N) is 4. The van der Waals surface area contributed by atoms with E-state index in [1.165, 1.54) is 10.4 Å². The summed E-state index contributed by atoms with van der Waals surface area (Å²) in [6, 6.07) is 8.07. The molecule has 0 saturated carbocycles. The van der Waals surface area contributed by atoms with E-state index in [2.05, 4.69) is 37.4 Å². The smallest absolute Gasteiger partial charge is 0.176 e. The highest BCUT2D eigenvalue weighted by atomic mass is 79.9. The van der Waals surface area contributed by atoms with Crippen LogP contribution in [0.3, 0.4) is 0 Å². The third kappa shape index (κ3) is 3.34. The highest BCUT2D eigenvalue weighted by molar-refractivity contribution is 9.10. The van der Waals surface area contributed by atoms with Crippen LogP contribution in [0.5, 0.6) is 0 Å². The molecule has 0 saturated heterocycles. The standard InChI is InChI=1S/C11H14BrN5/c1-17-15-11(14-16-17)7-9(13)6-8-4-2-3-5-10(8)12/h2-5,9H,6-7,13H2,1H3. The summed E-state index contributed by atoms with van der Waals surface area (Å²) in [6.07, 6.45) is 1.43. The Morgan fingerprint density at radius 2 is 2.12 bits per heavy atom. The quantitative estimate of drug-likeness (QED) is 0.916. The zero-order valence-electron chi connectivity index (χ0n) is 9.55. The van der Waals surface area contributed by atoms with Crippen LogP contribution < -0.4 is 5.73 Å². The summed E-state index contributed by atoms with van der Waals surface area (Å²) in [7, 11) is 1.75. The summed E-state index contributed by atoms with van der Waals surface area (Å²) in [5, 5.41) is 11.8. The fourth-order valence-electron chi connectivity index (χ4n) is 1.66. The molecule has 1 unspecified atom stereocenters. The van der Waals surface area contributed by atoms with Crippen LogP contribution in [0, 0.1) is 0 Å². The molecule has 5 nitrogen and oxygen atoms in total. The van der Waals surface area contributed by atoms with Crippen LogP contribution in [0.2, 0.25) is 0 Å². The Labute approximate surface area is 108 Å². The molecule has 1 aromatic heterocycles. The largest absolute Gasteiger partial charge is 0.327 e. The second kappa shape index (κ2) is 5.37. The molecule has 0 spiro atoms. The number of halogens is 1. The van der Waals surface area contributed by atoms with E-state index in [1.54, 1.807) is 7.05 Å². The number of tetrazole rings is 1. The lowest BCUT2D eigenvalue weighted by Crippen LogP contribution is -2.26. The Balaban J connectivity index is 1.98. The first kappa shape index (κ1) is 12.2. The minimum absolute atomic E-state index is 0.00194. The molecule has 0 fully saturated rings. The van der Waals surface area contributed by atoms with Crippen LogP contribution >= 0.6 is 15.9 Å². The van der Waals surface area contributed by atoms with E-state index in [0.29, 0.717) is 12.2 Å². The van der Waals surface area contributed by atoms with Gasteiger partial charge in [0.15, 0.2) is 5.82 Å². The van der Waals surface area contributed by atoms with E-state index in [1.807, 2.05) is 18.2 Å². The van der Waals surface area contributed by atoms with Crippen molar-refractivity contribution in [3.63, 3.8) is 0 Å². The molecule has 2 aromatic rings. The minimum Gasteiger partial charge on any atom is -0.327 e. The molecule has 6 heteroatoms. The van der Waals surface area contributed by atoms with Gasteiger partial charge in [-0.15, -0.1) is 10.2 Å². The van der Waals surface area contributed by atoms with Gasteiger partial charge in [-0.05, 0) is 23.3 Å². The van der Waals surface area contributed by atoms with Crippen molar-refractivity contribution in [3.05, 3.63) is 40.1 Å². The number of hydrogen-bond acceptors (Lipinski definition) is 4. The number of nitrogens with two attached hydrogens (primary N) is 1. The highest BCUT2D eigenvalue weighted by Crippen LogP contribution is 2.17. The van der Waals surface area contributed by atoms with Crippen molar-refractivity contribution >= 4 is 15.9 Å². The van der Waals surface area contributed by atoms with Crippen molar-refractivity contribution in [1.82, 2.24) is 20.2 Å². The van der Waals surface area contributed by atoms with Crippen molar-refractivity contribution in [2.75, 3.05) is 0 Å². The van der Waals surface area contributed by atoms with Crippen molar-refractivity contribution in [3.8, 4) is 0 Å². The molecule has 0 amide bonds. The van der Waals surface area contributed by atoms with E-state index in [9.17, 15) is 0 Å². The molecular weight excluding hydrogens is 282 g/mol. The van der Waals surface area contributed by atoms with Gasteiger partial charge in [-0.3, -0.25) is 0 Å². The number of hydrogen-bond donors (Lipinski definition) is 1. The SMILES string of the molecule is Cn1nnc(CC(N)Cc2ccccc2Br)n1. The topological polar surface area (TPSA) is 69.6 Å². The van der Waals surface area contributed by atoms with Crippen molar-refractivity contribution in [2.45, 2.75) is 18.9 Å². The van der Waals surface area contributed by atoms with Crippen LogP contribution in [0.4, 0.5) is 0 Å². The highest BCUT2D eigenvalue weighted by Gasteiger charge is 2.10. The van der Waals surface area contributed by atoms with Gasteiger partial charge >= 0.3 is 0 Å². The normalized spacial score (nSPS) is 12.6. The van der Waals surface area contributed by atoms with E-state index in [4.69, 9.17) is 5.73 Å². The van der Waals surface area contributed by atoms with E-state index >= 15 is 0 Å². The zero-order chi connectivity index (χ0) is 12.3. The summed E-state index contributed by atoms with van der Waals surface area (Å²) >= 11 is 3.51. The van der Waals surface area contributed by atoms with Crippen LogP contribution in [-0.4, -0.2) is 26.2 Å². The molecule has 0 bridgehead atoms. The average Bonchev–Trinajstić information content (AvgIpc) is 2.67. The van der Waals surface area contributed by atoms with E-state index in [0.717, 1.165) is 10.9 Å². The zero-order valence-corrected chi connectivity index (χ0v) is 11.1. The molecule has 2 N–H and O–H groups in total. The van der Waals surface area contributed by atoms with Crippen molar-refractivity contribution in [2.24, 2.45) is 12.8 Å². The van der Waals surface area contributed by atoms with Gasteiger partial charge < -0.3 is 5.73 Å². The molecule has 0 aliphatic rings. The van der Waals surface area contributed by atoms with Gasteiger partial charge in [-0.25, -0.2) is 0 Å². The maximum atomic E-state index is 6.08. The van der Waals surface area contributed by atoms with Crippen LogP contribution in [0.25, 0.3) is 0 Å². The molecule has 0 aliphatic heterocycles. The van der Waals surface area contributed by atoms with Gasteiger partial charge in [0.25, 0.3) is 0 Å². The number of aromatic nitrogens is 4. The van der Waals surface area contributed by atoms with Gasteiger partial charge in [0.05, 0.1) is 7.05 Å². The molecular formula is C11H14BrN5. The first-order valence-corrected chi connectivity index (χ1v) is 6.16. The van der Waals surface area contributed by atoms with Crippen molar-refractivity contribution < 1.29 is 0 Å². The lowest BCUT2D eigenvalue weighted by molar-refractivity contribution is 0.614. The van der Waals surface area contributed by atoms with Gasteiger partial charge in [0.1, 0.15) is 0 Å². The molecule has 1 heterocycles. The van der Waals surface area contributed by atoms with Gasteiger partial charge in [0, 0.05) is 16.9 Å². The second-order valence-electron chi connectivity index (χ2n) is 3.95. The van der Waals surface area contributed by atoms with E-state index in [-0.39, 0.29) is 6.04 Å². The van der Waals surface area contributed by atoms with Gasteiger partial charge in [0.2, 0.25) is 0 Å². The van der Waals surface area contributed by atoms with Crippen LogP contribution in [-0.2, 0) is 19.9 Å².